The Hall–Kier alpha value is -1.89. The maximum Gasteiger partial charge on any atom is 0.273 e. The average Bonchev–Trinajstić information content (AvgIpc) is 2.81. The molecule has 19 heavy (non-hydrogen) atoms. The van der Waals surface area contributed by atoms with Gasteiger partial charge in [0.15, 0.2) is 5.69 Å². The van der Waals surface area contributed by atoms with Crippen LogP contribution in [0.2, 0.25) is 0 Å². The predicted octanol–water partition coefficient (Wildman–Crippen LogP) is 2.06. The van der Waals surface area contributed by atoms with Gasteiger partial charge in [0.2, 0.25) is 0 Å². The number of hydrogen-bond acceptors (Lipinski definition) is 3. The lowest BCUT2D eigenvalue weighted by atomic mass is 10.2. The normalized spacial score (nSPS) is 10.5. The monoisotopic (exact) mass is 326 g/mol. The zero-order valence-corrected chi connectivity index (χ0v) is 12.0. The van der Waals surface area contributed by atoms with Gasteiger partial charge in [-0.05, 0) is 28.1 Å². The third kappa shape index (κ3) is 2.60. The Morgan fingerprint density at radius 1 is 1.47 bits per heavy atom. The second kappa shape index (κ2) is 5.00. The molecule has 0 saturated heterocycles. The zero-order valence-electron chi connectivity index (χ0n) is 10.4. The number of halogens is 2. The quantitative estimate of drug-likeness (QED) is 0.859. The number of carbonyl (C=O) groups is 1. The summed E-state index contributed by atoms with van der Waals surface area (Å²) in [6.07, 6.45) is 1.57. The molecule has 0 spiro atoms. The van der Waals surface area contributed by atoms with Gasteiger partial charge in [0.05, 0.1) is 15.8 Å². The van der Waals surface area contributed by atoms with Gasteiger partial charge in [-0.25, -0.2) is 9.07 Å². The molecule has 0 atom stereocenters. The molecule has 7 heteroatoms. The molecule has 1 heterocycles. The van der Waals surface area contributed by atoms with E-state index in [4.69, 9.17) is 5.73 Å². The summed E-state index contributed by atoms with van der Waals surface area (Å²) in [5, 5.41) is 4.10. The minimum Gasteiger partial charge on any atom is -0.397 e. The molecule has 5 nitrogen and oxygen atoms in total. The molecule has 1 aromatic heterocycles. The molecule has 0 unspecified atom stereocenters. The Labute approximate surface area is 117 Å². The predicted molar refractivity (Wildman–Crippen MR) is 73.7 cm³/mol. The van der Waals surface area contributed by atoms with Crippen molar-refractivity contribution < 1.29 is 9.18 Å². The van der Waals surface area contributed by atoms with E-state index in [2.05, 4.69) is 21.0 Å². The van der Waals surface area contributed by atoms with Gasteiger partial charge in [0, 0.05) is 26.4 Å². The Morgan fingerprint density at radius 2 is 2.16 bits per heavy atom. The minimum absolute atomic E-state index is 0.227. The maximum absolute atomic E-state index is 13.5. The molecule has 0 fully saturated rings. The Kier molecular flexibility index (Phi) is 3.57. The van der Waals surface area contributed by atoms with Crippen molar-refractivity contribution in [1.82, 2.24) is 14.7 Å². The van der Waals surface area contributed by atoms with E-state index >= 15 is 0 Å². The number of nitrogen functional groups attached to an aromatic ring is 1. The molecular weight excluding hydrogens is 315 g/mol. The van der Waals surface area contributed by atoms with Crippen LogP contribution in [0.25, 0.3) is 5.69 Å². The number of nitrogens with two attached hydrogens (primary N) is 1. The number of benzene rings is 1. The summed E-state index contributed by atoms with van der Waals surface area (Å²) in [4.78, 5) is 13.1. The Bertz CT molecular complexity index is 639. The summed E-state index contributed by atoms with van der Waals surface area (Å²) in [5.74, 6) is -0.671. The summed E-state index contributed by atoms with van der Waals surface area (Å²) in [5.41, 5.74) is 6.83. The van der Waals surface area contributed by atoms with Crippen molar-refractivity contribution in [3.63, 3.8) is 0 Å². The van der Waals surface area contributed by atoms with Crippen molar-refractivity contribution in [1.29, 1.82) is 0 Å². The summed E-state index contributed by atoms with van der Waals surface area (Å²) >= 11 is 3.05. The minimum atomic E-state index is -0.444. The fourth-order valence-corrected chi connectivity index (χ4v) is 1.91. The van der Waals surface area contributed by atoms with Gasteiger partial charge in [-0.3, -0.25) is 4.79 Å². The lowest BCUT2D eigenvalue weighted by Crippen LogP contribution is -2.22. The van der Waals surface area contributed by atoms with Gasteiger partial charge in [0.25, 0.3) is 5.91 Å². The molecule has 100 valence electrons. The van der Waals surface area contributed by atoms with E-state index in [1.807, 2.05) is 0 Å². The van der Waals surface area contributed by atoms with E-state index in [-0.39, 0.29) is 16.1 Å². The van der Waals surface area contributed by atoms with E-state index < -0.39 is 5.82 Å². The van der Waals surface area contributed by atoms with Crippen molar-refractivity contribution in [2.24, 2.45) is 0 Å². The molecule has 2 rings (SSSR count). The van der Waals surface area contributed by atoms with Crippen LogP contribution < -0.4 is 5.73 Å². The smallest absolute Gasteiger partial charge is 0.273 e. The van der Waals surface area contributed by atoms with Crippen LogP contribution in [-0.4, -0.2) is 34.7 Å². The topological polar surface area (TPSA) is 64.2 Å². The first-order valence-corrected chi connectivity index (χ1v) is 6.21. The third-order valence-corrected chi connectivity index (χ3v) is 3.14. The summed E-state index contributed by atoms with van der Waals surface area (Å²) in [6, 6.07) is 4.28. The number of anilines is 1. The van der Waals surface area contributed by atoms with Crippen molar-refractivity contribution in [3.05, 3.63) is 40.4 Å². The van der Waals surface area contributed by atoms with Crippen molar-refractivity contribution in [2.45, 2.75) is 0 Å². The van der Waals surface area contributed by atoms with E-state index in [0.29, 0.717) is 11.4 Å². The van der Waals surface area contributed by atoms with Crippen molar-refractivity contribution in [2.75, 3.05) is 19.8 Å². The highest BCUT2D eigenvalue weighted by Crippen LogP contribution is 2.25. The summed E-state index contributed by atoms with van der Waals surface area (Å²) < 4.78 is 15.2. The van der Waals surface area contributed by atoms with Crippen LogP contribution in [0.15, 0.2) is 28.9 Å². The average molecular weight is 327 g/mol. The highest BCUT2D eigenvalue weighted by molar-refractivity contribution is 9.10. The maximum atomic E-state index is 13.5. The van der Waals surface area contributed by atoms with E-state index in [1.165, 1.54) is 21.7 Å². The first-order valence-electron chi connectivity index (χ1n) is 5.42. The van der Waals surface area contributed by atoms with Gasteiger partial charge in [-0.15, -0.1) is 0 Å². The van der Waals surface area contributed by atoms with E-state index in [1.54, 1.807) is 26.4 Å². The van der Waals surface area contributed by atoms with Crippen molar-refractivity contribution in [3.8, 4) is 5.69 Å². The van der Waals surface area contributed by atoms with Gasteiger partial charge in [0.1, 0.15) is 5.82 Å². The molecule has 0 bridgehead atoms. The van der Waals surface area contributed by atoms with Gasteiger partial charge in [-0.1, -0.05) is 0 Å². The Balaban J connectivity index is 2.44. The van der Waals surface area contributed by atoms with Crippen LogP contribution >= 0.6 is 15.9 Å². The number of rotatable bonds is 2. The molecule has 0 aliphatic heterocycles. The first-order chi connectivity index (χ1) is 8.90. The van der Waals surface area contributed by atoms with Crippen LogP contribution in [0, 0.1) is 5.82 Å². The number of aromatic nitrogens is 2. The highest BCUT2D eigenvalue weighted by Gasteiger charge is 2.14. The molecular formula is C12H12BrFN4O. The van der Waals surface area contributed by atoms with Crippen LogP contribution in [0.5, 0.6) is 0 Å². The highest BCUT2D eigenvalue weighted by atomic mass is 79.9. The van der Waals surface area contributed by atoms with Gasteiger partial charge < -0.3 is 10.6 Å². The molecule has 0 radical (unpaired) electrons. The van der Waals surface area contributed by atoms with Gasteiger partial charge in [-0.2, -0.15) is 5.10 Å². The van der Waals surface area contributed by atoms with Crippen molar-refractivity contribution >= 4 is 27.5 Å². The molecule has 0 aliphatic carbocycles. The number of carbonyl (C=O) groups excluding carboxylic acids is 1. The molecule has 2 aromatic rings. The fraction of sp³-hybridized carbons (Fsp3) is 0.167. The lowest BCUT2D eigenvalue weighted by molar-refractivity contribution is 0.0821. The van der Waals surface area contributed by atoms with Crippen LogP contribution in [-0.2, 0) is 0 Å². The van der Waals surface area contributed by atoms with E-state index in [0.717, 1.165) is 0 Å². The van der Waals surface area contributed by atoms with Crippen LogP contribution in [0.1, 0.15) is 10.5 Å². The summed E-state index contributed by atoms with van der Waals surface area (Å²) in [6.45, 7) is 0. The Morgan fingerprint density at radius 3 is 2.79 bits per heavy atom. The van der Waals surface area contributed by atoms with Gasteiger partial charge >= 0.3 is 0 Å². The fourth-order valence-electron chi connectivity index (χ4n) is 1.55. The van der Waals surface area contributed by atoms with Crippen LogP contribution in [0.3, 0.4) is 0 Å². The first kappa shape index (κ1) is 13.5. The molecule has 1 amide bonds. The molecule has 0 aliphatic rings. The second-order valence-corrected chi connectivity index (χ2v) is 5.02. The van der Waals surface area contributed by atoms with E-state index in [9.17, 15) is 9.18 Å². The molecule has 1 aromatic carbocycles. The largest absolute Gasteiger partial charge is 0.397 e. The second-order valence-electron chi connectivity index (χ2n) is 4.17. The SMILES string of the molecule is CN(C)C(=O)c1ccn(-c2cc(F)c(Br)cc2N)n1. The number of amides is 1. The zero-order chi connectivity index (χ0) is 14.2. The van der Waals surface area contributed by atoms with Crippen LogP contribution in [0.4, 0.5) is 10.1 Å². The molecule has 2 N–H and O–H groups in total. The lowest BCUT2D eigenvalue weighted by Gasteiger charge is -2.08. The third-order valence-electron chi connectivity index (χ3n) is 2.53. The standard InChI is InChI=1S/C12H12BrFN4O/c1-17(2)12(19)10-3-4-18(16-10)11-6-8(14)7(13)5-9(11)15/h3-6H,15H2,1-2H3. The molecule has 0 saturated carbocycles. The number of nitrogens with zero attached hydrogens (tertiary/aromatic N) is 3. The summed E-state index contributed by atoms with van der Waals surface area (Å²) in [7, 11) is 3.27. The number of hydrogen-bond donors (Lipinski definition) is 1.